The minimum Gasteiger partial charge on any atom is -0.338 e. The molecule has 0 radical (unpaired) electrons. The lowest BCUT2D eigenvalue weighted by Crippen LogP contribution is -2.39. The first kappa shape index (κ1) is 13.7. The highest BCUT2D eigenvalue weighted by Crippen LogP contribution is 2.19. The van der Waals surface area contributed by atoms with Gasteiger partial charge in [0.2, 0.25) is 0 Å². The minimum absolute atomic E-state index is 0.0896. The van der Waals surface area contributed by atoms with Crippen molar-refractivity contribution in [2.45, 2.75) is 19.8 Å². The van der Waals surface area contributed by atoms with E-state index in [4.69, 9.17) is 0 Å². The van der Waals surface area contributed by atoms with Crippen molar-refractivity contribution in [2.75, 3.05) is 13.1 Å². The van der Waals surface area contributed by atoms with Crippen LogP contribution in [0.4, 0.5) is 0 Å². The fourth-order valence-corrected chi connectivity index (χ4v) is 2.76. The highest BCUT2D eigenvalue weighted by Gasteiger charge is 2.22. The molecule has 108 valence electrons. The van der Waals surface area contributed by atoms with E-state index in [1.54, 1.807) is 18.6 Å². The lowest BCUT2D eigenvalue weighted by atomic mass is 9.99. The van der Waals surface area contributed by atoms with Crippen LogP contribution in [0.25, 0.3) is 11.3 Å². The molecular formula is C17H19N3O. The van der Waals surface area contributed by atoms with Gasteiger partial charge in [0.1, 0.15) is 0 Å². The van der Waals surface area contributed by atoms with Crippen LogP contribution in [0.2, 0.25) is 0 Å². The summed E-state index contributed by atoms with van der Waals surface area (Å²) in [7, 11) is 0. The van der Waals surface area contributed by atoms with Crippen LogP contribution in [-0.4, -0.2) is 33.9 Å². The first-order valence-electron chi connectivity index (χ1n) is 7.40. The maximum atomic E-state index is 12.5. The number of aromatic nitrogens is 2. The Morgan fingerprint density at radius 2 is 2.19 bits per heavy atom. The molecule has 3 rings (SSSR count). The molecule has 2 aromatic rings. The Kier molecular flexibility index (Phi) is 3.95. The Balaban J connectivity index is 1.76. The summed E-state index contributed by atoms with van der Waals surface area (Å²) in [6.07, 6.45) is 7.48. The number of piperidine rings is 1. The summed E-state index contributed by atoms with van der Waals surface area (Å²) in [4.78, 5) is 22.9. The average Bonchev–Trinajstić information content (AvgIpc) is 2.55. The third kappa shape index (κ3) is 3.10. The van der Waals surface area contributed by atoms with Gasteiger partial charge in [0.05, 0.1) is 11.3 Å². The second kappa shape index (κ2) is 6.04. The van der Waals surface area contributed by atoms with Crippen LogP contribution in [0.5, 0.6) is 0 Å². The monoisotopic (exact) mass is 281 g/mol. The molecule has 0 aliphatic carbocycles. The summed E-state index contributed by atoms with van der Waals surface area (Å²) < 4.78 is 0. The molecule has 1 fully saturated rings. The molecule has 1 aliphatic heterocycles. The van der Waals surface area contributed by atoms with Crippen LogP contribution < -0.4 is 0 Å². The first-order valence-corrected chi connectivity index (χ1v) is 7.40. The van der Waals surface area contributed by atoms with Gasteiger partial charge in [-0.3, -0.25) is 14.8 Å². The van der Waals surface area contributed by atoms with E-state index in [1.165, 1.54) is 6.42 Å². The van der Waals surface area contributed by atoms with Gasteiger partial charge in [0, 0.05) is 37.2 Å². The molecule has 1 aliphatic rings. The Morgan fingerprint density at radius 3 is 2.86 bits per heavy atom. The fourth-order valence-electron chi connectivity index (χ4n) is 2.76. The Labute approximate surface area is 124 Å². The molecule has 21 heavy (non-hydrogen) atoms. The van der Waals surface area contributed by atoms with Crippen molar-refractivity contribution in [3.05, 3.63) is 48.4 Å². The fraction of sp³-hybridized carbons (Fsp3) is 0.353. The largest absolute Gasteiger partial charge is 0.338 e. The van der Waals surface area contributed by atoms with Gasteiger partial charge < -0.3 is 4.90 Å². The second-order valence-corrected chi connectivity index (χ2v) is 5.67. The number of rotatable bonds is 2. The number of pyridine rings is 2. The molecule has 1 saturated heterocycles. The minimum atomic E-state index is 0.0896. The summed E-state index contributed by atoms with van der Waals surface area (Å²) in [5.74, 6) is 0.678. The van der Waals surface area contributed by atoms with Gasteiger partial charge in [-0.1, -0.05) is 6.92 Å². The zero-order chi connectivity index (χ0) is 14.7. The highest BCUT2D eigenvalue weighted by molar-refractivity contribution is 5.94. The van der Waals surface area contributed by atoms with E-state index in [9.17, 15) is 4.79 Å². The molecule has 0 bridgehead atoms. The van der Waals surface area contributed by atoms with Gasteiger partial charge in [-0.25, -0.2) is 0 Å². The van der Waals surface area contributed by atoms with Crippen molar-refractivity contribution in [3.63, 3.8) is 0 Å². The number of hydrogen-bond acceptors (Lipinski definition) is 3. The van der Waals surface area contributed by atoms with Gasteiger partial charge in [0.15, 0.2) is 0 Å². The molecule has 1 amide bonds. The summed E-state index contributed by atoms with van der Waals surface area (Å²) in [6.45, 7) is 3.90. The molecule has 0 N–H and O–H groups in total. The topological polar surface area (TPSA) is 46.1 Å². The number of likely N-dealkylation sites (tertiary alicyclic amines) is 1. The molecular weight excluding hydrogens is 262 g/mol. The van der Waals surface area contributed by atoms with Gasteiger partial charge in [0.25, 0.3) is 5.91 Å². The quantitative estimate of drug-likeness (QED) is 0.850. The van der Waals surface area contributed by atoms with E-state index < -0.39 is 0 Å². The molecule has 2 aromatic heterocycles. The van der Waals surface area contributed by atoms with Crippen molar-refractivity contribution < 1.29 is 4.79 Å². The van der Waals surface area contributed by atoms with Crippen LogP contribution in [0, 0.1) is 5.92 Å². The molecule has 0 saturated carbocycles. The normalized spacial score (nSPS) is 18.5. The van der Waals surface area contributed by atoms with E-state index in [0.29, 0.717) is 11.5 Å². The molecule has 1 atom stereocenters. The van der Waals surface area contributed by atoms with E-state index in [-0.39, 0.29) is 5.91 Å². The molecule has 4 nitrogen and oxygen atoms in total. The van der Waals surface area contributed by atoms with E-state index in [0.717, 1.165) is 30.8 Å². The van der Waals surface area contributed by atoms with E-state index in [1.807, 2.05) is 29.2 Å². The van der Waals surface area contributed by atoms with Gasteiger partial charge in [-0.2, -0.15) is 0 Å². The van der Waals surface area contributed by atoms with Gasteiger partial charge >= 0.3 is 0 Å². The van der Waals surface area contributed by atoms with Crippen molar-refractivity contribution >= 4 is 5.91 Å². The Morgan fingerprint density at radius 1 is 1.29 bits per heavy atom. The predicted octanol–water partition coefficient (Wildman–Crippen LogP) is 3.02. The predicted molar refractivity (Wildman–Crippen MR) is 81.8 cm³/mol. The van der Waals surface area contributed by atoms with E-state index in [2.05, 4.69) is 16.9 Å². The smallest absolute Gasteiger partial charge is 0.255 e. The molecule has 0 spiro atoms. The zero-order valence-corrected chi connectivity index (χ0v) is 12.2. The second-order valence-electron chi connectivity index (χ2n) is 5.67. The summed E-state index contributed by atoms with van der Waals surface area (Å²) in [6, 6.07) is 7.59. The maximum absolute atomic E-state index is 12.5. The van der Waals surface area contributed by atoms with Crippen LogP contribution >= 0.6 is 0 Å². The summed E-state index contributed by atoms with van der Waals surface area (Å²) in [5.41, 5.74) is 2.46. The lowest BCUT2D eigenvalue weighted by Gasteiger charge is -2.30. The lowest BCUT2D eigenvalue weighted by molar-refractivity contribution is 0.0682. The van der Waals surface area contributed by atoms with Crippen LogP contribution in [0.3, 0.4) is 0 Å². The number of nitrogens with zero attached hydrogens (tertiary/aromatic N) is 3. The maximum Gasteiger partial charge on any atom is 0.255 e. The van der Waals surface area contributed by atoms with Crippen molar-refractivity contribution in [1.82, 2.24) is 14.9 Å². The van der Waals surface area contributed by atoms with Crippen LogP contribution in [-0.2, 0) is 0 Å². The highest BCUT2D eigenvalue weighted by atomic mass is 16.2. The third-order valence-electron chi connectivity index (χ3n) is 3.91. The van der Waals surface area contributed by atoms with Crippen LogP contribution in [0.1, 0.15) is 30.1 Å². The first-order chi connectivity index (χ1) is 10.2. The standard InChI is InChI=1S/C17H19N3O/c1-13-4-3-9-20(12-13)17(21)15-6-7-16(19-11-15)14-5-2-8-18-10-14/h2,5-8,10-11,13H,3-4,9,12H2,1H3/t13-/m1/s1. The molecule has 4 heteroatoms. The van der Waals surface area contributed by atoms with Crippen LogP contribution in [0.15, 0.2) is 42.9 Å². The summed E-state index contributed by atoms with van der Waals surface area (Å²) in [5, 5.41) is 0. The molecule has 0 unspecified atom stereocenters. The number of carbonyl (C=O) groups excluding carboxylic acids is 1. The molecule has 3 heterocycles. The Bertz CT molecular complexity index is 610. The SMILES string of the molecule is C[C@@H]1CCCN(C(=O)c2ccc(-c3cccnc3)nc2)C1. The summed E-state index contributed by atoms with van der Waals surface area (Å²) >= 11 is 0. The van der Waals surface area contributed by atoms with Crippen molar-refractivity contribution in [2.24, 2.45) is 5.92 Å². The van der Waals surface area contributed by atoms with Gasteiger partial charge in [-0.05, 0) is 43.0 Å². The Hall–Kier alpha value is -2.23. The molecule has 0 aromatic carbocycles. The third-order valence-corrected chi connectivity index (χ3v) is 3.91. The van der Waals surface area contributed by atoms with Crippen molar-refractivity contribution in [3.8, 4) is 11.3 Å². The van der Waals surface area contributed by atoms with Gasteiger partial charge in [-0.15, -0.1) is 0 Å². The van der Waals surface area contributed by atoms with Crippen molar-refractivity contribution in [1.29, 1.82) is 0 Å². The number of amides is 1. The number of carbonyl (C=O) groups is 1. The average molecular weight is 281 g/mol. The van der Waals surface area contributed by atoms with E-state index >= 15 is 0 Å². The zero-order valence-electron chi connectivity index (χ0n) is 12.2. The number of hydrogen-bond donors (Lipinski definition) is 0.